The molecule has 4 aromatic heterocycles. The molecule has 0 saturated carbocycles. The lowest BCUT2D eigenvalue weighted by Gasteiger charge is -2.33. The summed E-state index contributed by atoms with van der Waals surface area (Å²) in [5, 5.41) is 15.7. The van der Waals surface area contributed by atoms with Gasteiger partial charge in [0.15, 0.2) is 10.8 Å². The quantitative estimate of drug-likeness (QED) is 0.417. The molecule has 1 amide bonds. The Morgan fingerprint density at radius 3 is 3.00 bits per heavy atom. The van der Waals surface area contributed by atoms with Gasteiger partial charge in [0.2, 0.25) is 5.91 Å². The zero-order valence-corrected chi connectivity index (χ0v) is 20.3. The lowest BCUT2D eigenvalue weighted by Crippen LogP contribution is -2.26. The van der Waals surface area contributed by atoms with Gasteiger partial charge in [-0.25, -0.2) is 4.98 Å². The molecule has 0 bridgehead atoms. The van der Waals surface area contributed by atoms with Crippen molar-refractivity contribution in [2.24, 2.45) is 11.3 Å². The van der Waals surface area contributed by atoms with Crippen LogP contribution in [-0.4, -0.2) is 31.2 Å². The highest BCUT2D eigenvalue weighted by molar-refractivity contribution is 7.99. The van der Waals surface area contributed by atoms with Gasteiger partial charge in [-0.3, -0.25) is 9.20 Å². The van der Waals surface area contributed by atoms with Crippen LogP contribution in [0.25, 0.3) is 15.9 Å². The summed E-state index contributed by atoms with van der Waals surface area (Å²) >= 11 is 4.85. The van der Waals surface area contributed by atoms with E-state index in [-0.39, 0.29) is 5.91 Å². The first-order valence-electron chi connectivity index (χ1n) is 10.5. The fraction of sp³-hybridized carbons (Fsp3) is 0.455. The lowest BCUT2D eigenvalue weighted by molar-refractivity contribution is -0.118. The number of thioether (sulfide) groups is 1. The van der Waals surface area contributed by atoms with E-state index in [9.17, 15) is 4.79 Å². The number of aryl methyl sites for hydroxylation is 1. The normalized spacial score (nSPS) is 16.7. The number of hydrogen-bond donors (Lipinski definition) is 1. The summed E-state index contributed by atoms with van der Waals surface area (Å²) in [6.07, 6.45) is 5.18. The van der Waals surface area contributed by atoms with Crippen LogP contribution in [0, 0.1) is 11.3 Å². The Morgan fingerprint density at radius 2 is 2.23 bits per heavy atom. The summed E-state index contributed by atoms with van der Waals surface area (Å²) in [5.41, 5.74) is 2.58. The molecule has 0 aromatic carbocycles. The molecule has 162 valence electrons. The third-order valence-corrected chi connectivity index (χ3v) is 9.00. The molecular weight excluding hydrogens is 446 g/mol. The number of amides is 1. The molecule has 1 N–H and O–H groups in total. The van der Waals surface area contributed by atoms with E-state index in [1.54, 1.807) is 29.0 Å². The maximum Gasteiger partial charge on any atom is 0.230 e. The van der Waals surface area contributed by atoms with Gasteiger partial charge in [-0.2, -0.15) is 0 Å². The Hall–Kier alpha value is -1.97. The van der Waals surface area contributed by atoms with Crippen LogP contribution in [0.4, 0.5) is 0 Å². The van der Waals surface area contributed by atoms with Crippen molar-refractivity contribution < 1.29 is 4.79 Å². The number of nitrogens with zero attached hydrogens (tertiary/aromatic N) is 4. The molecule has 1 aliphatic rings. The minimum atomic E-state index is -0.00896. The molecule has 1 aliphatic carbocycles. The maximum atomic E-state index is 12.2. The Kier molecular flexibility index (Phi) is 5.52. The fourth-order valence-corrected chi connectivity index (χ4v) is 6.81. The molecule has 4 heterocycles. The number of rotatable bonds is 5. The predicted octanol–water partition coefficient (Wildman–Crippen LogP) is 4.96. The Bertz CT molecular complexity index is 1240. The molecule has 5 rings (SSSR count). The number of carbonyl (C=O) groups excluding carboxylic acids is 1. The van der Waals surface area contributed by atoms with Crippen LogP contribution in [-0.2, 0) is 24.2 Å². The molecule has 9 heteroatoms. The molecule has 0 radical (unpaired) electrons. The molecule has 6 nitrogen and oxygen atoms in total. The third-order valence-electron chi connectivity index (χ3n) is 6.02. The molecule has 0 fully saturated rings. The van der Waals surface area contributed by atoms with Crippen LogP contribution in [0.2, 0.25) is 0 Å². The van der Waals surface area contributed by atoms with Crippen molar-refractivity contribution >= 4 is 56.2 Å². The van der Waals surface area contributed by atoms with Gasteiger partial charge in [-0.05, 0) is 47.6 Å². The van der Waals surface area contributed by atoms with Gasteiger partial charge in [-0.15, -0.1) is 32.9 Å². The summed E-state index contributed by atoms with van der Waals surface area (Å²) in [5.74, 6) is 0.991. The number of carbonyl (C=O) groups is 1. The largest absolute Gasteiger partial charge is 0.350 e. The van der Waals surface area contributed by atoms with Gasteiger partial charge >= 0.3 is 0 Å². The average Bonchev–Trinajstić information content (AvgIpc) is 3.46. The van der Waals surface area contributed by atoms with Gasteiger partial charge in [0, 0.05) is 9.75 Å². The van der Waals surface area contributed by atoms with Crippen molar-refractivity contribution in [2.45, 2.75) is 51.7 Å². The highest BCUT2D eigenvalue weighted by Crippen LogP contribution is 2.43. The van der Waals surface area contributed by atoms with E-state index in [2.05, 4.69) is 36.3 Å². The molecule has 1 unspecified atom stereocenters. The Balaban J connectivity index is 1.35. The minimum Gasteiger partial charge on any atom is -0.350 e. The topological polar surface area (TPSA) is 72.2 Å². The molecule has 4 aromatic rings. The first-order chi connectivity index (χ1) is 14.9. The van der Waals surface area contributed by atoms with Gasteiger partial charge in [0.1, 0.15) is 11.2 Å². The van der Waals surface area contributed by atoms with Gasteiger partial charge in [0.05, 0.1) is 17.7 Å². The summed E-state index contributed by atoms with van der Waals surface area (Å²) in [6.45, 7) is 7.58. The van der Waals surface area contributed by atoms with E-state index in [0.717, 1.165) is 33.6 Å². The molecular formula is C22H25N5OS3. The molecule has 31 heavy (non-hydrogen) atoms. The van der Waals surface area contributed by atoms with Crippen molar-refractivity contribution in [1.29, 1.82) is 0 Å². The van der Waals surface area contributed by atoms with E-state index < -0.39 is 0 Å². The predicted molar refractivity (Wildman–Crippen MR) is 128 cm³/mol. The first kappa shape index (κ1) is 20.9. The average molecular weight is 472 g/mol. The second kappa shape index (κ2) is 8.18. The van der Waals surface area contributed by atoms with Gasteiger partial charge in [0.25, 0.3) is 0 Å². The van der Waals surface area contributed by atoms with E-state index in [1.165, 1.54) is 28.6 Å². The number of fused-ring (bicyclic) bond motifs is 5. The van der Waals surface area contributed by atoms with Crippen LogP contribution in [0.15, 0.2) is 29.0 Å². The smallest absolute Gasteiger partial charge is 0.230 e. The van der Waals surface area contributed by atoms with Crippen LogP contribution in [0.1, 0.15) is 42.5 Å². The van der Waals surface area contributed by atoms with Crippen molar-refractivity contribution in [1.82, 2.24) is 24.9 Å². The monoisotopic (exact) mass is 471 g/mol. The SMILES string of the molecule is CC(C)(C)C1CCc2c(sc3ncn4c(SCC(=O)NCc5cccs5)nnc4c23)C1. The molecule has 1 atom stereocenters. The second-order valence-electron chi connectivity index (χ2n) is 9.06. The fourth-order valence-electron chi connectivity index (χ4n) is 4.17. The van der Waals surface area contributed by atoms with Crippen molar-refractivity contribution in [3.8, 4) is 0 Å². The van der Waals surface area contributed by atoms with Gasteiger partial charge in [-0.1, -0.05) is 38.6 Å². The van der Waals surface area contributed by atoms with Crippen molar-refractivity contribution in [2.75, 3.05) is 5.75 Å². The first-order valence-corrected chi connectivity index (χ1v) is 13.1. The number of hydrogen-bond acceptors (Lipinski definition) is 7. The Morgan fingerprint density at radius 1 is 1.35 bits per heavy atom. The van der Waals surface area contributed by atoms with E-state index in [0.29, 0.717) is 28.8 Å². The maximum absolute atomic E-state index is 12.2. The standard InChI is InChI=1S/C22H25N5OS3/c1-22(2,3)13-6-7-15-16(9-13)31-20-18(15)19-25-26-21(27(19)12-24-20)30-11-17(28)23-10-14-5-4-8-29-14/h4-5,8,12-13H,6-7,9-11H2,1-3H3,(H,23,28). The van der Waals surface area contributed by atoms with E-state index >= 15 is 0 Å². The van der Waals surface area contributed by atoms with Crippen LogP contribution >= 0.6 is 34.4 Å². The third kappa shape index (κ3) is 4.10. The summed E-state index contributed by atoms with van der Waals surface area (Å²) in [4.78, 5) is 20.6. The van der Waals surface area contributed by atoms with E-state index in [4.69, 9.17) is 4.98 Å². The second-order valence-corrected chi connectivity index (χ2v) is 12.1. The lowest BCUT2D eigenvalue weighted by atomic mass is 9.72. The number of nitrogens with one attached hydrogen (secondary N) is 1. The van der Waals surface area contributed by atoms with Gasteiger partial charge < -0.3 is 5.32 Å². The number of thiophene rings is 2. The summed E-state index contributed by atoms with van der Waals surface area (Å²) in [7, 11) is 0. The molecule has 0 spiro atoms. The van der Waals surface area contributed by atoms with Crippen molar-refractivity contribution in [3.05, 3.63) is 39.2 Å². The van der Waals surface area contributed by atoms with E-state index in [1.807, 2.05) is 21.9 Å². The van der Waals surface area contributed by atoms with Crippen molar-refractivity contribution in [3.63, 3.8) is 0 Å². The van der Waals surface area contributed by atoms with Crippen LogP contribution in [0.5, 0.6) is 0 Å². The highest BCUT2D eigenvalue weighted by Gasteiger charge is 2.31. The molecule has 0 aliphatic heterocycles. The van der Waals surface area contributed by atoms with Crippen LogP contribution in [0.3, 0.4) is 0 Å². The zero-order valence-electron chi connectivity index (χ0n) is 17.8. The minimum absolute atomic E-state index is 0.00896. The highest BCUT2D eigenvalue weighted by atomic mass is 32.2. The zero-order chi connectivity index (χ0) is 21.6. The Labute approximate surface area is 193 Å². The molecule has 0 saturated heterocycles. The van der Waals surface area contributed by atoms with Crippen LogP contribution < -0.4 is 5.32 Å². The summed E-state index contributed by atoms with van der Waals surface area (Å²) in [6, 6.07) is 4.01. The number of aromatic nitrogens is 4. The summed E-state index contributed by atoms with van der Waals surface area (Å²) < 4.78 is 1.93.